The second kappa shape index (κ2) is 14.5. The second-order valence-corrected chi connectivity index (χ2v) is 6.49. The number of hydrogen-bond donors (Lipinski definition) is 2. The van der Waals surface area contributed by atoms with Crippen LogP contribution < -0.4 is 10.6 Å². The van der Waals surface area contributed by atoms with E-state index in [9.17, 15) is 4.79 Å². The van der Waals surface area contributed by atoms with Crippen molar-refractivity contribution in [1.29, 1.82) is 0 Å². The molecule has 25 heavy (non-hydrogen) atoms. The molecule has 0 aliphatic carbocycles. The molecule has 1 rings (SSSR count). The van der Waals surface area contributed by atoms with Crippen LogP contribution in [0.5, 0.6) is 0 Å². The minimum atomic E-state index is -0.00257. The van der Waals surface area contributed by atoms with Crippen LogP contribution in [0.1, 0.15) is 32.6 Å². The number of carbonyl (C=O) groups excluding carboxylic acids is 1. The van der Waals surface area contributed by atoms with Crippen LogP contribution in [0.3, 0.4) is 0 Å². The van der Waals surface area contributed by atoms with Gasteiger partial charge in [0.15, 0.2) is 5.96 Å². The van der Waals surface area contributed by atoms with E-state index in [-0.39, 0.29) is 36.4 Å². The van der Waals surface area contributed by atoms with Crippen molar-refractivity contribution in [3.05, 3.63) is 0 Å². The van der Waals surface area contributed by atoms with Gasteiger partial charge in [-0.05, 0) is 25.8 Å². The lowest BCUT2D eigenvalue weighted by atomic mass is 10.0. The summed E-state index contributed by atoms with van der Waals surface area (Å²) in [5, 5.41) is 6.71. The Hall–Kier alpha value is -0.610. The first-order valence-corrected chi connectivity index (χ1v) is 9.03. The smallest absolute Gasteiger partial charge is 0.243 e. The highest BCUT2D eigenvalue weighted by atomic mass is 127. The van der Waals surface area contributed by atoms with Gasteiger partial charge in [-0.15, -0.1) is 24.0 Å². The number of likely N-dealkylation sites (tertiary alicyclic amines) is 1. The molecule has 0 radical (unpaired) electrons. The summed E-state index contributed by atoms with van der Waals surface area (Å²) < 4.78 is 5.07. The number of carbonyl (C=O) groups is 1. The maximum absolute atomic E-state index is 11.7. The normalized spacial score (nSPS) is 16.2. The Morgan fingerprint density at radius 2 is 2.00 bits per heavy atom. The van der Waals surface area contributed by atoms with Crippen LogP contribution in [0.2, 0.25) is 0 Å². The highest BCUT2D eigenvalue weighted by Gasteiger charge is 2.19. The molecule has 1 aliphatic heterocycles. The molecule has 1 saturated heterocycles. The number of halogens is 1. The third-order valence-electron chi connectivity index (χ3n) is 4.23. The average molecular weight is 469 g/mol. The van der Waals surface area contributed by atoms with Gasteiger partial charge in [-0.2, -0.15) is 0 Å². The maximum Gasteiger partial charge on any atom is 0.243 e. The third-order valence-corrected chi connectivity index (χ3v) is 4.23. The average Bonchev–Trinajstić information content (AvgIpc) is 2.58. The molecule has 0 atom stereocenters. The van der Waals surface area contributed by atoms with E-state index in [4.69, 9.17) is 4.74 Å². The maximum atomic E-state index is 11.7. The highest BCUT2D eigenvalue weighted by Crippen LogP contribution is 2.11. The molecule has 2 N–H and O–H groups in total. The first kappa shape index (κ1) is 24.4. The lowest BCUT2D eigenvalue weighted by Gasteiger charge is -2.33. The molecule has 0 bridgehead atoms. The minimum absolute atomic E-state index is 0. The fraction of sp³-hybridized carbons (Fsp3) is 0.882. The predicted octanol–water partition coefficient (Wildman–Crippen LogP) is 1.14. The van der Waals surface area contributed by atoms with E-state index in [2.05, 4.69) is 27.4 Å². The molecule has 0 aromatic carbocycles. The number of guanidine groups is 1. The molecule has 1 amide bonds. The molecular formula is C17H36IN5O2. The van der Waals surface area contributed by atoms with Crippen molar-refractivity contribution in [3.63, 3.8) is 0 Å². The molecular weight excluding hydrogens is 433 g/mol. The SMILES string of the molecule is CCCCN1CCC(NC(=NCC(=O)N(C)C)NCCOC)CC1.I. The Morgan fingerprint density at radius 3 is 2.56 bits per heavy atom. The zero-order chi connectivity index (χ0) is 17.8. The summed E-state index contributed by atoms with van der Waals surface area (Å²) >= 11 is 0. The molecule has 0 spiro atoms. The molecule has 7 nitrogen and oxygen atoms in total. The lowest BCUT2D eigenvalue weighted by molar-refractivity contribution is -0.127. The molecule has 1 fully saturated rings. The summed E-state index contributed by atoms with van der Waals surface area (Å²) in [6.45, 7) is 7.13. The molecule has 0 unspecified atom stereocenters. The Morgan fingerprint density at radius 1 is 1.32 bits per heavy atom. The van der Waals surface area contributed by atoms with Gasteiger partial charge in [0.2, 0.25) is 5.91 Å². The summed E-state index contributed by atoms with van der Waals surface area (Å²) in [5.74, 6) is 0.700. The van der Waals surface area contributed by atoms with E-state index in [1.54, 1.807) is 26.1 Å². The number of hydrogen-bond acceptors (Lipinski definition) is 4. The summed E-state index contributed by atoms with van der Waals surface area (Å²) in [6.07, 6.45) is 4.74. The number of methoxy groups -OCH3 is 1. The van der Waals surface area contributed by atoms with E-state index in [1.807, 2.05) is 0 Å². The van der Waals surface area contributed by atoms with Gasteiger partial charge in [-0.1, -0.05) is 13.3 Å². The van der Waals surface area contributed by atoms with Crippen LogP contribution in [0, 0.1) is 0 Å². The van der Waals surface area contributed by atoms with Gasteiger partial charge in [0, 0.05) is 46.9 Å². The van der Waals surface area contributed by atoms with Crippen LogP contribution in [-0.2, 0) is 9.53 Å². The van der Waals surface area contributed by atoms with Crippen LogP contribution in [-0.4, -0.2) is 88.2 Å². The van der Waals surface area contributed by atoms with E-state index in [1.165, 1.54) is 19.4 Å². The zero-order valence-electron chi connectivity index (χ0n) is 16.2. The molecule has 8 heteroatoms. The summed E-state index contributed by atoms with van der Waals surface area (Å²) in [7, 11) is 5.16. The van der Waals surface area contributed by atoms with E-state index < -0.39 is 0 Å². The molecule has 0 saturated carbocycles. The van der Waals surface area contributed by atoms with Gasteiger partial charge in [-0.25, -0.2) is 4.99 Å². The monoisotopic (exact) mass is 469 g/mol. The number of unbranched alkanes of at least 4 members (excludes halogenated alkanes) is 1. The fourth-order valence-electron chi connectivity index (χ4n) is 2.59. The van der Waals surface area contributed by atoms with E-state index in [0.717, 1.165) is 25.9 Å². The van der Waals surface area contributed by atoms with Gasteiger partial charge in [0.1, 0.15) is 6.54 Å². The van der Waals surface area contributed by atoms with Crippen molar-refractivity contribution >= 4 is 35.8 Å². The number of ether oxygens (including phenoxy) is 1. The fourth-order valence-corrected chi connectivity index (χ4v) is 2.59. The molecule has 0 aromatic heterocycles. The lowest BCUT2D eigenvalue weighted by Crippen LogP contribution is -2.49. The zero-order valence-corrected chi connectivity index (χ0v) is 18.5. The molecule has 0 aromatic rings. The Labute approximate surface area is 170 Å². The third kappa shape index (κ3) is 10.9. The first-order chi connectivity index (χ1) is 11.6. The van der Waals surface area contributed by atoms with Crippen molar-refractivity contribution in [2.75, 3.05) is 60.5 Å². The topological polar surface area (TPSA) is 69.2 Å². The number of rotatable bonds is 9. The van der Waals surface area contributed by atoms with Gasteiger partial charge >= 0.3 is 0 Å². The number of piperidine rings is 1. The largest absolute Gasteiger partial charge is 0.383 e. The summed E-state index contributed by atoms with van der Waals surface area (Å²) in [4.78, 5) is 20.3. The number of aliphatic imine (C=N–C) groups is 1. The van der Waals surface area contributed by atoms with Crippen molar-refractivity contribution in [3.8, 4) is 0 Å². The Kier molecular flexibility index (Phi) is 14.2. The standard InChI is InChI=1S/C17H35N5O2.HI/c1-5-6-10-22-11-7-15(8-12-22)20-17(18-9-13-24-4)19-14-16(23)21(2)3;/h15H,5-14H2,1-4H3,(H2,18,19,20);1H. The Balaban J connectivity index is 0.00000576. The van der Waals surface area contributed by atoms with Crippen LogP contribution in [0.25, 0.3) is 0 Å². The van der Waals surface area contributed by atoms with Gasteiger partial charge in [0.25, 0.3) is 0 Å². The Bertz CT molecular complexity index is 385. The predicted molar refractivity (Wildman–Crippen MR) is 114 cm³/mol. The second-order valence-electron chi connectivity index (χ2n) is 6.49. The van der Waals surface area contributed by atoms with Crippen molar-refractivity contribution in [2.45, 2.75) is 38.6 Å². The van der Waals surface area contributed by atoms with Crippen molar-refractivity contribution in [1.82, 2.24) is 20.4 Å². The van der Waals surface area contributed by atoms with E-state index >= 15 is 0 Å². The number of nitrogens with zero attached hydrogens (tertiary/aromatic N) is 3. The van der Waals surface area contributed by atoms with Gasteiger partial charge in [0.05, 0.1) is 6.61 Å². The minimum Gasteiger partial charge on any atom is -0.383 e. The number of nitrogens with one attached hydrogen (secondary N) is 2. The number of likely N-dealkylation sites (N-methyl/N-ethyl adjacent to an activating group) is 1. The highest BCUT2D eigenvalue weighted by molar-refractivity contribution is 14.0. The van der Waals surface area contributed by atoms with Crippen molar-refractivity contribution < 1.29 is 9.53 Å². The molecule has 148 valence electrons. The van der Waals surface area contributed by atoms with Crippen LogP contribution in [0.15, 0.2) is 4.99 Å². The summed E-state index contributed by atoms with van der Waals surface area (Å²) in [6, 6.07) is 0.408. The quantitative estimate of drug-likeness (QED) is 0.230. The molecule has 1 aliphatic rings. The van der Waals surface area contributed by atoms with Crippen LogP contribution in [0.4, 0.5) is 0 Å². The van der Waals surface area contributed by atoms with E-state index in [0.29, 0.717) is 25.2 Å². The van der Waals surface area contributed by atoms with Gasteiger partial charge < -0.3 is 25.2 Å². The first-order valence-electron chi connectivity index (χ1n) is 9.03. The van der Waals surface area contributed by atoms with Crippen LogP contribution >= 0.6 is 24.0 Å². The molecule has 1 heterocycles. The van der Waals surface area contributed by atoms with Gasteiger partial charge in [-0.3, -0.25) is 4.79 Å². The summed E-state index contributed by atoms with van der Waals surface area (Å²) in [5.41, 5.74) is 0. The van der Waals surface area contributed by atoms with Crippen molar-refractivity contribution in [2.24, 2.45) is 4.99 Å². The number of amides is 1.